The molecule has 1 N–H and O–H groups in total. The molecule has 5 aromatic rings. The van der Waals surface area contributed by atoms with Gasteiger partial charge in [-0.2, -0.15) is 5.26 Å². The molecule has 41 heavy (non-hydrogen) atoms. The molecule has 0 fully saturated rings. The molecule has 3 aromatic carbocycles. The zero-order valence-electron chi connectivity index (χ0n) is 22.4. The summed E-state index contributed by atoms with van der Waals surface area (Å²) in [6.45, 7) is 2.00. The third-order valence-electron chi connectivity index (χ3n) is 7.08. The van der Waals surface area contributed by atoms with Gasteiger partial charge in [0.15, 0.2) is 4.80 Å². The number of nitrogens with zero attached hydrogens (tertiary/aromatic N) is 4. The summed E-state index contributed by atoms with van der Waals surface area (Å²) in [5, 5.41) is 13.2. The molecular weight excluding hydrogens is 534 g/mol. The van der Waals surface area contributed by atoms with E-state index in [1.165, 1.54) is 11.3 Å². The fraction of sp³-hybridized carbons (Fsp3) is 0.125. The van der Waals surface area contributed by atoms with E-state index in [2.05, 4.69) is 11.4 Å². The number of ether oxygens (including phenoxy) is 1. The number of para-hydroxylation sites is 2. The molecule has 202 valence electrons. The van der Waals surface area contributed by atoms with Gasteiger partial charge in [0.1, 0.15) is 12.3 Å². The van der Waals surface area contributed by atoms with Crippen molar-refractivity contribution < 1.29 is 9.53 Å². The number of fused-ring (bicyclic) bond motifs is 2. The van der Waals surface area contributed by atoms with Crippen molar-refractivity contribution >= 4 is 39.9 Å². The van der Waals surface area contributed by atoms with Crippen LogP contribution in [0.5, 0.6) is 5.75 Å². The molecule has 3 heterocycles. The van der Waals surface area contributed by atoms with Crippen LogP contribution in [-0.2, 0) is 11.3 Å². The zero-order chi connectivity index (χ0) is 28.5. The van der Waals surface area contributed by atoms with Gasteiger partial charge >= 0.3 is 0 Å². The second-order valence-electron chi connectivity index (χ2n) is 9.56. The Bertz CT molecular complexity index is 2040. The van der Waals surface area contributed by atoms with Crippen molar-refractivity contribution in [3.8, 4) is 11.8 Å². The Kier molecular flexibility index (Phi) is 6.83. The number of hydrogen-bond acceptors (Lipinski definition) is 6. The lowest BCUT2D eigenvalue weighted by atomic mass is 9.95. The van der Waals surface area contributed by atoms with Crippen molar-refractivity contribution in [1.82, 2.24) is 9.13 Å². The van der Waals surface area contributed by atoms with Crippen molar-refractivity contribution in [2.24, 2.45) is 4.99 Å². The second-order valence-corrected chi connectivity index (χ2v) is 10.6. The van der Waals surface area contributed by atoms with E-state index < -0.39 is 6.04 Å². The molecule has 1 atom stereocenters. The van der Waals surface area contributed by atoms with E-state index in [-0.39, 0.29) is 18.0 Å². The number of nitrogens with one attached hydrogen (secondary N) is 1. The highest BCUT2D eigenvalue weighted by Gasteiger charge is 2.32. The molecule has 0 radical (unpaired) electrons. The number of hydrogen-bond donors (Lipinski definition) is 1. The van der Waals surface area contributed by atoms with E-state index >= 15 is 0 Å². The first-order valence-electron chi connectivity index (χ1n) is 13.0. The van der Waals surface area contributed by atoms with Gasteiger partial charge in [0.05, 0.1) is 35.0 Å². The molecule has 0 saturated carbocycles. The van der Waals surface area contributed by atoms with Gasteiger partial charge in [-0.25, -0.2) is 4.99 Å². The summed E-state index contributed by atoms with van der Waals surface area (Å²) < 4.78 is 9.30. The van der Waals surface area contributed by atoms with Gasteiger partial charge in [0, 0.05) is 28.4 Å². The molecule has 2 aromatic heterocycles. The lowest BCUT2D eigenvalue weighted by Crippen LogP contribution is -2.40. The van der Waals surface area contributed by atoms with Crippen LogP contribution in [0, 0.1) is 11.3 Å². The Morgan fingerprint density at radius 3 is 2.56 bits per heavy atom. The Labute approximate surface area is 239 Å². The largest absolute Gasteiger partial charge is 0.497 e. The average Bonchev–Trinajstić information content (AvgIpc) is 3.49. The Morgan fingerprint density at radius 1 is 1.10 bits per heavy atom. The van der Waals surface area contributed by atoms with Gasteiger partial charge in [-0.05, 0) is 48.9 Å². The van der Waals surface area contributed by atoms with Crippen LogP contribution >= 0.6 is 11.3 Å². The molecule has 0 unspecified atom stereocenters. The second kappa shape index (κ2) is 10.8. The normalized spacial score (nSPS) is 14.9. The summed E-state index contributed by atoms with van der Waals surface area (Å²) in [7, 11) is 1.59. The first-order valence-corrected chi connectivity index (χ1v) is 13.8. The highest BCUT2D eigenvalue weighted by Crippen LogP contribution is 2.32. The summed E-state index contributed by atoms with van der Waals surface area (Å²) in [6, 6.07) is 25.9. The van der Waals surface area contributed by atoms with Crippen molar-refractivity contribution in [2.45, 2.75) is 19.5 Å². The molecule has 0 aliphatic carbocycles. The number of carbonyl (C=O) groups excluding carboxylic acids is 1. The number of amides is 1. The summed E-state index contributed by atoms with van der Waals surface area (Å²) in [5.74, 6) is 0.345. The molecule has 1 aliphatic rings. The summed E-state index contributed by atoms with van der Waals surface area (Å²) in [6.07, 6.45) is 3.73. The number of benzene rings is 3. The van der Waals surface area contributed by atoms with Crippen LogP contribution in [0.2, 0.25) is 0 Å². The van der Waals surface area contributed by atoms with Crippen LogP contribution in [0.15, 0.2) is 106 Å². The van der Waals surface area contributed by atoms with Crippen LogP contribution in [-0.4, -0.2) is 22.2 Å². The SMILES string of the molecule is COc1ccc([C@@H]2C(C(=O)Nc3ccccc3)=C(C)N=c3s/c(=C/c4cn(CC#N)c5ccccc45)c(=O)n32)cc1. The molecule has 1 aliphatic heterocycles. The van der Waals surface area contributed by atoms with Crippen LogP contribution in [0.3, 0.4) is 0 Å². The predicted molar refractivity (Wildman–Crippen MR) is 159 cm³/mol. The monoisotopic (exact) mass is 559 g/mol. The van der Waals surface area contributed by atoms with E-state index in [4.69, 9.17) is 9.73 Å². The number of methoxy groups -OCH3 is 1. The Hall–Kier alpha value is -5.20. The van der Waals surface area contributed by atoms with E-state index in [1.807, 2.05) is 95.7 Å². The minimum Gasteiger partial charge on any atom is -0.497 e. The fourth-order valence-electron chi connectivity index (χ4n) is 5.17. The maximum absolute atomic E-state index is 14.1. The van der Waals surface area contributed by atoms with Crippen LogP contribution in [0.4, 0.5) is 5.69 Å². The third-order valence-corrected chi connectivity index (χ3v) is 8.06. The fourth-order valence-corrected chi connectivity index (χ4v) is 6.21. The van der Waals surface area contributed by atoms with E-state index in [0.717, 1.165) is 22.0 Å². The molecule has 6 rings (SSSR count). The van der Waals surface area contributed by atoms with Gasteiger partial charge in [-0.15, -0.1) is 0 Å². The highest BCUT2D eigenvalue weighted by atomic mass is 32.1. The zero-order valence-corrected chi connectivity index (χ0v) is 23.2. The Morgan fingerprint density at radius 2 is 1.83 bits per heavy atom. The maximum atomic E-state index is 14.1. The molecule has 0 bridgehead atoms. The van der Waals surface area contributed by atoms with Crippen LogP contribution in [0.25, 0.3) is 17.0 Å². The number of carbonyl (C=O) groups is 1. The topological polar surface area (TPSA) is 101 Å². The minimum atomic E-state index is -0.692. The first kappa shape index (κ1) is 26.0. The molecule has 0 saturated heterocycles. The first-order chi connectivity index (χ1) is 20.0. The number of aromatic nitrogens is 2. The summed E-state index contributed by atoms with van der Waals surface area (Å²) >= 11 is 1.28. The van der Waals surface area contributed by atoms with E-state index in [9.17, 15) is 14.9 Å². The summed E-state index contributed by atoms with van der Waals surface area (Å²) in [5.41, 5.74) is 3.85. The molecule has 0 spiro atoms. The van der Waals surface area contributed by atoms with Crippen molar-refractivity contribution in [1.29, 1.82) is 5.26 Å². The lowest BCUT2D eigenvalue weighted by Gasteiger charge is -2.25. The smallest absolute Gasteiger partial charge is 0.271 e. The third kappa shape index (κ3) is 4.75. The van der Waals surface area contributed by atoms with Crippen molar-refractivity contribution in [3.05, 3.63) is 127 Å². The lowest BCUT2D eigenvalue weighted by molar-refractivity contribution is -0.113. The number of thiazole rings is 1. The molecule has 8 nitrogen and oxygen atoms in total. The van der Waals surface area contributed by atoms with Gasteiger partial charge < -0.3 is 14.6 Å². The van der Waals surface area contributed by atoms with Crippen LogP contribution in [0.1, 0.15) is 24.1 Å². The molecule has 9 heteroatoms. The van der Waals surface area contributed by atoms with Gasteiger partial charge in [-0.1, -0.05) is 59.9 Å². The van der Waals surface area contributed by atoms with Gasteiger partial charge in [0.2, 0.25) is 0 Å². The minimum absolute atomic E-state index is 0.201. The summed E-state index contributed by atoms with van der Waals surface area (Å²) in [4.78, 5) is 33.0. The standard InChI is InChI=1S/C32H25N5O3S/c1-20-28(30(38)35-23-8-4-3-5-9-23)29(21-12-14-24(40-2)15-13-21)37-31(39)27(41-32(37)34-20)18-22-19-36(17-16-33)26-11-7-6-10-25(22)26/h3-15,18-19,29H,17H2,1-2H3,(H,35,38)/b27-18+/t29-/m1/s1. The van der Waals surface area contributed by atoms with E-state index in [1.54, 1.807) is 18.6 Å². The number of anilines is 1. The average molecular weight is 560 g/mol. The Balaban J connectivity index is 1.52. The van der Waals surface area contributed by atoms with Crippen molar-refractivity contribution in [3.63, 3.8) is 0 Å². The molecular formula is C32H25N5O3S. The predicted octanol–water partition coefficient (Wildman–Crippen LogP) is 4.36. The van der Waals surface area contributed by atoms with E-state index in [0.29, 0.717) is 32.0 Å². The number of rotatable bonds is 6. The molecule has 1 amide bonds. The van der Waals surface area contributed by atoms with Crippen molar-refractivity contribution in [2.75, 3.05) is 12.4 Å². The number of allylic oxidation sites excluding steroid dienone is 1. The van der Waals surface area contributed by atoms with Crippen LogP contribution < -0.4 is 24.9 Å². The highest BCUT2D eigenvalue weighted by molar-refractivity contribution is 7.07. The van der Waals surface area contributed by atoms with Gasteiger partial charge in [-0.3, -0.25) is 14.2 Å². The van der Waals surface area contributed by atoms with Gasteiger partial charge in [0.25, 0.3) is 11.5 Å². The number of nitriles is 1. The maximum Gasteiger partial charge on any atom is 0.271 e. The quantitative estimate of drug-likeness (QED) is 0.334.